The molecule has 23 heavy (non-hydrogen) atoms. The summed E-state index contributed by atoms with van der Waals surface area (Å²) in [5.74, 6) is 0.420. The molecular formula is C17H19BrN4O. The van der Waals surface area contributed by atoms with Crippen molar-refractivity contribution < 1.29 is 4.79 Å². The number of piperidine rings is 1. The van der Waals surface area contributed by atoms with Gasteiger partial charge in [-0.25, -0.2) is 9.97 Å². The summed E-state index contributed by atoms with van der Waals surface area (Å²) < 4.78 is 0.965. The Bertz CT molecular complexity index is 713. The lowest BCUT2D eigenvalue weighted by atomic mass is 10.1. The molecular weight excluding hydrogens is 356 g/mol. The van der Waals surface area contributed by atoms with E-state index in [1.54, 1.807) is 12.3 Å². The second kappa shape index (κ2) is 7.08. The molecule has 1 amide bonds. The van der Waals surface area contributed by atoms with Crippen molar-refractivity contribution in [3.8, 4) is 0 Å². The Morgan fingerprint density at radius 3 is 2.74 bits per heavy atom. The molecule has 1 aliphatic rings. The van der Waals surface area contributed by atoms with Gasteiger partial charge in [-0.1, -0.05) is 22.0 Å². The Morgan fingerprint density at radius 2 is 2.00 bits per heavy atom. The summed E-state index contributed by atoms with van der Waals surface area (Å²) in [4.78, 5) is 23.3. The lowest BCUT2D eigenvalue weighted by Gasteiger charge is -2.26. The molecule has 1 aromatic heterocycles. The van der Waals surface area contributed by atoms with Crippen molar-refractivity contribution in [3.05, 3.63) is 46.2 Å². The van der Waals surface area contributed by atoms with Gasteiger partial charge in [0.25, 0.3) is 5.91 Å². The highest BCUT2D eigenvalue weighted by Crippen LogP contribution is 2.21. The Balaban J connectivity index is 1.75. The second-order valence-corrected chi connectivity index (χ2v) is 6.56. The molecule has 1 N–H and O–H groups in total. The van der Waals surface area contributed by atoms with Gasteiger partial charge < -0.3 is 10.2 Å². The Morgan fingerprint density at radius 1 is 1.22 bits per heavy atom. The number of carbonyl (C=O) groups excluding carboxylic acids is 1. The molecule has 0 radical (unpaired) electrons. The lowest BCUT2D eigenvalue weighted by Crippen LogP contribution is -2.31. The number of hydrogen-bond acceptors (Lipinski definition) is 4. The van der Waals surface area contributed by atoms with E-state index in [1.165, 1.54) is 6.42 Å². The number of halogens is 1. The van der Waals surface area contributed by atoms with Crippen LogP contribution in [-0.4, -0.2) is 29.0 Å². The zero-order chi connectivity index (χ0) is 16.2. The molecule has 0 bridgehead atoms. The zero-order valence-corrected chi connectivity index (χ0v) is 14.6. The minimum absolute atomic E-state index is 0.221. The quantitative estimate of drug-likeness (QED) is 0.887. The molecule has 0 unspecified atom stereocenters. The Hall–Kier alpha value is -1.95. The number of hydrogen-bond donors (Lipinski definition) is 1. The van der Waals surface area contributed by atoms with Gasteiger partial charge in [0.05, 0.1) is 0 Å². The predicted molar refractivity (Wildman–Crippen MR) is 94.9 cm³/mol. The summed E-state index contributed by atoms with van der Waals surface area (Å²) in [7, 11) is 0. The van der Waals surface area contributed by atoms with E-state index in [4.69, 9.17) is 0 Å². The van der Waals surface area contributed by atoms with Crippen LogP contribution < -0.4 is 10.2 Å². The monoisotopic (exact) mass is 374 g/mol. The van der Waals surface area contributed by atoms with Gasteiger partial charge in [-0.15, -0.1) is 0 Å². The number of anilines is 2. The van der Waals surface area contributed by atoms with Crippen molar-refractivity contribution in [1.29, 1.82) is 0 Å². The van der Waals surface area contributed by atoms with Crippen molar-refractivity contribution >= 4 is 33.5 Å². The molecule has 1 aromatic carbocycles. The highest BCUT2D eigenvalue weighted by molar-refractivity contribution is 9.10. The predicted octanol–water partition coefficient (Wildman–Crippen LogP) is 3.79. The number of nitrogens with zero attached hydrogens (tertiary/aromatic N) is 3. The first kappa shape index (κ1) is 15.9. The van der Waals surface area contributed by atoms with Crippen LogP contribution in [0.5, 0.6) is 0 Å². The van der Waals surface area contributed by atoms with Gasteiger partial charge in [0.15, 0.2) is 0 Å². The lowest BCUT2D eigenvalue weighted by molar-refractivity contribution is 0.102. The fourth-order valence-electron chi connectivity index (χ4n) is 2.59. The molecule has 2 aromatic rings. The summed E-state index contributed by atoms with van der Waals surface area (Å²) in [6.07, 6.45) is 5.20. The second-order valence-electron chi connectivity index (χ2n) is 5.71. The Labute approximate surface area is 144 Å². The van der Waals surface area contributed by atoms with Crippen LogP contribution in [0.15, 0.2) is 34.9 Å². The summed E-state index contributed by atoms with van der Waals surface area (Å²) in [6.45, 7) is 3.91. The molecule has 0 aliphatic carbocycles. The summed E-state index contributed by atoms with van der Waals surface area (Å²) in [5, 5.41) is 2.88. The normalized spacial score (nSPS) is 14.6. The number of benzene rings is 1. The van der Waals surface area contributed by atoms with E-state index in [2.05, 4.69) is 36.1 Å². The van der Waals surface area contributed by atoms with Crippen LogP contribution >= 0.6 is 15.9 Å². The smallest absolute Gasteiger partial charge is 0.274 e. The topological polar surface area (TPSA) is 58.1 Å². The first-order chi connectivity index (χ1) is 11.1. The molecule has 120 valence electrons. The molecule has 3 rings (SSSR count). The third-order valence-corrected chi connectivity index (χ3v) is 4.80. The molecule has 1 saturated heterocycles. The fraction of sp³-hybridized carbons (Fsp3) is 0.353. The van der Waals surface area contributed by atoms with Crippen LogP contribution in [0.25, 0.3) is 0 Å². The maximum atomic E-state index is 12.4. The Kier molecular flexibility index (Phi) is 4.91. The zero-order valence-electron chi connectivity index (χ0n) is 13.1. The standard InChI is InChI=1S/C17H19BrN4O/c1-12-5-6-13(11-14(12)18)20-16(23)15-7-8-19-17(21-15)22-9-3-2-4-10-22/h5-8,11H,2-4,9-10H2,1H3,(H,20,23). The number of aryl methyl sites for hydroxylation is 1. The van der Waals surface area contributed by atoms with Crippen molar-refractivity contribution in [2.24, 2.45) is 0 Å². The third-order valence-electron chi connectivity index (χ3n) is 3.94. The van der Waals surface area contributed by atoms with Crippen LogP contribution in [0.4, 0.5) is 11.6 Å². The average molecular weight is 375 g/mol. The van der Waals surface area contributed by atoms with E-state index in [0.29, 0.717) is 11.6 Å². The molecule has 6 heteroatoms. The molecule has 0 saturated carbocycles. The average Bonchev–Trinajstić information content (AvgIpc) is 2.59. The van der Waals surface area contributed by atoms with Gasteiger partial charge in [-0.05, 0) is 49.9 Å². The van der Waals surface area contributed by atoms with Crippen molar-refractivity contribution in [2.75, 3.05) is 23.3 Å². The highest BCUT2D eigenvalue weighted by atomic mass is 79.9. The summed E-state index contributed by atoms with van der Waals surface area (Å²) >= 11 is 3.47. The van der Waals surface area contributed by atoms with E-state index in [0.717, 1.165) is 41.7 Å². The minimum Gasteiger partial charge on any atom is -0.341 e. The van der Waals surface area contributed by atoms with Crippen LogP contribution in [0.2, 0.25) is 0 Å². The number of aromatic nitrogens is 2. The summed E-state index contributed by atoms with van der Waals surface area (Å²) in [6, 6.07) is 7.37. The molecule has 1 aliphatic heterocycles. The van der Waals surface area contributed by atoms with Gasteiger partial charge in [0, 0.05) is 29.4 Å². The van der Waals surface area contributed by atoms with E-state index in [1.807, 2.05) is 25.1 Å². The molecule has 1 fully saturated rings. The number of carbonyl (C=O) groups is 1. The first-order valence-corrected chi connectivity index (χ1v) is 8.58. The maximum Gasteiger partial charge on any atom is 0.274 e. The van der Waals surface area contributed by atoms with Crippen LogP contribution in [0, 0.1) is 6.92 Å². The fourth-order valence-corrected chi connectivity index (χ4v) is 2.97. The van der Waals surface area contributed by atoms with Gasteiger partial charge in [-0.3, -0.25) is 4.79 Å². The molecule has 0 atom stereocenters. The van der Waals surface area contributed by atoms with Crippen molar-refractivity contribution in [3.63, 3.8) is 0 Å². The molecule has 5 nitrogen and oxygen atoms in total. The van der Waals surface area contributed by atoms with E-state index >= 15 is 0 Å². The highest BCUT2D eigenvalue weighted by Gasteiger charge is 2.16. The van der Waals surface area contributed by atoms with Crippen LogP contribution in [-0.2, 0) is 0 Å². The van der Waals surface area contributed by atoms with Gasteiger partial charge in [0.1, 0.15) is 5.69 Å². The summed E-state index contributed by atoms with van der Waals surface area (Å²) in [5.41, 5.74) is 2.25. The van der Waals surface area contributed by atoms with Crippen LogP contribution in [0.3, 0.4) is 0 Å². The van der Waals surface area contributed by atoms with Crippen molar-refractivity contribution in [1.82, 2.24) is 9.97 Å². The third kappa shape index (κ3) is 3.88. The van der Waals surface area contributed by atoms with Gasteiger partial charge >= 0.3 is 0 Å². The van der Waals surface area contributed by atoms with E-state index in [-0.39, 0.29) is 5.91 Å². The molecule has 2 heterocycles. The maximum absolute atomic E-state index is 12.4. The number of nitrogens with one attached hydrogen (secondary N) is 1. The number of amides is 1. The molecule has 0 spiro atoms. The first-order valence-electron chi connectivity index (χ1n) is 7.79. The largest absolute Gasteiger partial charge is 0.341 e. The van der Waals surface area contributed by atoms with E-state index in [9.17, 15) is 4.79 Å². The van der Waals surface area contributed by atoms with Gasteiger partial charge in [-0.2, -0.15) is 0 Å². The van der Waals surface area contributed by atoms with Crippen molar-refractivity contribution in [2.45, 2.75) is 26.2 Å². The number of rotatable bonds is 3. The minimum atomic E-state index is -0.221. The van der Waals surface area contributed by atoms with Gasteiger partial charge in [0.2, 0.25) is 5.95 Å². The van der Waals surface area contributed by atoms with E-state index < -0.39 is 0 Å². The van der Waals surface area contributed by atoms with Crippen LogP contribution in [0.1, 0.15) is 35.3 Å². The SMILES string of the molecule is Cc1ccc(NC(=O)c2ccnc(N3CCCCC3)n2)cc1Br.